The first-order valence-electron chi connectivity index (χ1n) is 9.79. The van der Waals surface area contributed by atoms with E-state index in [1.54, 1.807) is 55.5 Å². The van der Waals surface area contributed by atoms with Gasteiger partial charge in [0.05, 0.1) is 12.5 Å². The number of para-hydroxylation sites is 2. The Morgan fingerprint density at radius 3 is 2.44 bits per heavy atom. The van der Waals surface area contributed by atoms with E-state index in [0.717, 1.165) is 5.56 Å². The van der Waals surface area contributed by atoms with Gasteiger partial charge in [0, 0.05) is 18.2 Å². The molecule has 3 aromatic carbocycles. The number of nitrogens with one attached hydrogen (secondary N) is 1. The molecule has 4 rings (SSSR count). The third kappa shape index (κ3) is 4.42. The zero-order chi connectivity index (χ0) is 22.7. The summed E-state index contributed by atoms with van der Waals surface area (Å²) in [6.45, 7) is 1.90. The van der Waals surface area contributed by atoms with E-state index in [1.165, 1.54) is 19.2 Å². The Morgan fingerprint density at radius 2 is 1.75 bits per heavy atom. The summed E-state index contributed by atoms with van der Waals surface area (Å²) in [5.41, 5.74) is 1.10. The van der Waals surface area contributed by atoms with Gasteiger partial charge in [-0.3, -0.25) is 4.79 Å². The Morgan fingerprint density at radius 1 is 1.03 bits per heavy atom. The number of methoxy groups -OCH3 is 1. The third-order valence-corrected chi connectivity index (χ3v) is 4.87. The lowest BCUT2D eigenvalue weighted by Gasteiger charge is -2.13. The predicted molar refractivity (Wildman–Crippen MR) is 117 cm³/mol. The highest BCUT2D eigenvalue weighted by molar-refractivity contribution is 5.79. The predicted octanol–water partition coefficient (Wildman–Crippen LogP) is 3.88. The van der Waals surface area contributed by atoms with Gasteiger partial charge in [0.15, 0.2) is 17.2 Å². The highest BCUT2D eigenvalue weighted by Gasteiger charge is 2.16. The molecule has 0 aliphatic heterocycles. The highest BCUT2D eigenvalue weighted by Crippen LogP contribution is 2.32. The van der Waals surface area contributed by atoms with E-state index < -0.39 is 5.23 Å². The van der Waals surface area contributed by atoms with Gasteiger partial charge in [-0.05, 0) is 48.9 Å². The quantitative estimate of drug-likeness (QED) is 0.424. The fourth-order valence-electron chi connectivity index (χ4n) is 3.20. The van der Waals surface area contributed by atoms with E-state index in [4.69, 9.17) is 23.8 Å². The Labute approximate surface area is 183 Å². The number of ether oxygens (including phenoxy) is 3. The van der Waals surface area contributed by atoms with Gasteiger partial charge < -0.3 is 23.8 Å². The Bertz CT molecular complexity index is 1300. The minimum absolute atomic E-state index is 0.0918. The molecule has 8 heteroatoms. The van der Waals surface area contributed by atoms with Crippen LogP contribution in [0.15, 0.2) is 75.9 Å². The molecule has 1 heterocycles. The van der Waals surface area contributed by atoms with Crippen LogP contribution in [0.2, 0.25) is 0 Å². The summed E-state index contributed by atoms with van der Waals surface area (Å²) in [5.74, 6) is 1.86. The molecule has 0 aliphatic rings. The Kier molecular flexibility index (Phi) is 6.09. The molecule has 0 radical (unpaired) electrons. The molecule has 0 saturated carbocycles. The lowest BCUT2D eigenvalue weighted by molar-refractivity contribution is -0.991. The first-order chi connectivity index (χ1) is 15.5. The molecule has 0 aliphatic carbocycles. The van der Waals surface area contributed by atoms with E-state index >= 15 is 0 Å². The monoisotopic (exact) mass is 435 g/mol. The van der Waals surface area contributed by atoms with Gasteiger partial charge in [-0.15, -0.1) is 0 Å². The number of rotatable bonds is 7. The summed E-state index contributed by atoms with van der Waals surface area (Å²) >= 11 is 0. The van der Waals surface area contributed by atoms with Crippen molar-refractivity contribution < 1.29 is 29.1 Å². The van der Waals surface area contributed by atoms with Crippen LogP contribution in [0.4, 0.5) is 5.69 Å². The van der Waals surface area contributed by atoms with Crippen molar-refractivity contribution in [3.05, 3.63) is 93.5 Å². The van der Waals surface area contributed by atoms with Crippen molar-refractivity contribution in [1.82, 2.24) is 0 Å². The van der Waals surface area contributed by atoms with Crippen LogP contribution in [0.5, 0.6) is 23.0 Å². The van der Waals surface area contributed by atoms with Gasteiger partial charge in [0.25, 0.3) is 0 Å². The summed E-state index contributed by atoms with van der Waals surface area (Å²) in [4.78, 5) is 13.0. The van der Waals surface area contributed by atoms with Gasteiger partial charge >= 0.3 is 0 Å². The first kappa shape index (κ1) is 21.4. The largest absolute Gasteiger partial charge is 0.595 e. The van der Waals surface area contributed by atoms with Crippen LogP contribution in [-0.4, -0.2) is 12.3 Å². The lowest BCUT2D eigenvalue weighted by atomic mass is 10.2. The van der Waals surface area contributed by atoms with Crippen molar-refractivity contribution in [2.45, 2.75) is 13.5 Å². The molecule has 0 bridgehead atoms. The molecule has 0 fully saturated rings. The molecular formula is C24H21NO7. The van der Waals surface area contributed by atoms with Crippen LogP contribution in [0.3, 0.4) is 0 Å². The number of aryl methyl sites for hydroxylation is 1. The Hall–Kier alpha value is -3.85. The van der Waals surface area contributed by atoms with Crippen molar-refractivity contribution >= 4 is 16.7 Å². The van der Waals surface area contributed by atoms with Gasteiger partial charge in [0.1, 0.15) is 23.7 Å². The van der Waals surface area contributed by atoms with E-state index in [0.29, 0.717) is 34.0 Å². The minimum Gasteiger partial charge on any atom is -0.595 e. The SMILES string of the molecule is COc1ccccc1Oc1c(C)oc2cc(OCc3ccc([NH+]([O-])O)cc3)ccc2c1=O. The number of hydrogen-bond acceptors (Lipinski definition) is 7. The van der Waals surface area contributed by atoms with Crippen molar-refractivity contribution in [3.8, 4) is 23.0 Å². The number of hydrogen-bond donors (Lipinski definition) is 2. The molecule has 1 atom stereocenters. The first-order valence-corrected chi connectivity index (χ1v) is 9.79. The van der Waals surface area contributed by atoms with E-state index in [1.807, 2.05) is 6.07 Å². The van der Waals surface area contributed by atoms with E-state index in [9.17, 15) is 10.0 Å². The molecule has 0 spiro atoms. The molecular weight excluding hydrogens is 414 g/mol. The molecule has 8 nitrogen and oxygen atoms in total. The van der Waals surface area contributed by atoms with Crippen LogP contribution in [0, 0.1) is 12.1 Å². The molecule has 32 heavy (non-hydrogen) atoms. The van der Waals surface area contributed by atoms with E-state index in [-0.39, 0.29) is 23.5 Å². The second-order valence-corrected chi connectivity index (χ2v) is 7.02. The third-order valence-electron chi connectivity index (χ3n) is 4.87. The summed E-state index contributed by atoms with van der Waals surface area (Å²) < 4.78 is 22.7. The molecule has 1 aromatic heterocycles. The van der Waals surface area contributed by atoms with Crippen LogP contribution in [-0.2, 0) is 6.61 Å². The normalized spacial score (nSPS) is 11.9. The van der Waals surface area contributed by atoms with Crippen LogP contribution >= 0.6 is 0 Å². The average Bonchev–Trinajstić information content (AvgIpc) is 2.80. The molecule has 2 N–H and O–H groups in total. The number of fused-ring (bicyclic) bond motifs is 1. The summed E-state index contributed by atoms with van der Waals surface area (Å²) in [5, 5.41) is 19.3. The van der Waals surface area contributed by atoms with Crippen LogP contribution in [0.1, 0.15) is 11.3 Å². The van der Waals surface area contributed by atoms with Crippen molar-refractivity contribution in [2.24, 2.45) is 0 Å². The maximum absolute atomic E-state index is 13.0. The van der Waals surface area contributed by atoms with E-state index in [2.05, 4.69) is 0 Å². The maximum Gasteiger partial charge on any atom is 0.235 e. The van der Waals surface area contributed by atoms with Gasteiger partial charge in [0.2, 0.25) is 11.2 Å². The fourth-order valence-corrected chi connectivity index (χ4v) is 3.20. The highest BCUT2D eigenvalue weighted by atomic mass is 16.8. The van der Waals surface area contributed by atoms with Crippen molar-refractivity contribution in [3.63, 3.8) is 0 Å². The maximum atomic E-state index is 13.0. The van der Waals surface area contributed by atoms with Gasteiger partial charge in [-0.25, -0.2) is 5.21 Å². The second-order valence-electron chi connectivity index (χ2n) is 7.02. The van der Waals surface area contributed by atoms with Crippen molar-refractivity contribution in [2.75, 3.05) is 7.11 Å². The molecule has 1 unspecified atom stereocenters. The topological polar surface area (TPSA) is 106 Å². The summed E-state index contributed by atoms with van der Waals surface area (Å²) in [6, 6.07) is 18.4. The molecule has 4 aromatic rings. The van der Waals surface area contributed by atoms with Gasteiger partial charge in [-0.1, -0.05) is 12.1 Å². The smallest absolute Gasteiger partial charge is 0.235 e. The molecule has 0 saturated heterocycles. The summed E-state index contributed by atoms with van der Waals surface area (Å²) in [7, 11) is 1.53. The van der Waals surface area contributed by atoms with Crippen LogP contribution in [0.25, 0.3) is 11.0 Å². The Balaban J connectivity index is 1.57. The number of benzene rings is 3. The minimum atomic E-state index is -0.980. The average molecular weight is 435 g/mol. The molecule has 164 valence electrons. The zero-order valence-corrected chi connectivity index (χ0v) is 17.5. The van der Waals surface area contributed by atoms with Crippen LogP contribution < -0.4 is 24.9 Å². The lowest BCUT2D eigenvalue weighted by Crippen LogP contribution is -2.99. The summed E-state index contributed by atoms with van der Waals surface area (Å²) in [6.07, 6.45) is 0. The fraction of sp³-hybridized carbons (Fsp3) is 0.125. The molecule has 0 amide bonds. The van der Waals surface area contributed by atoms with Gasteiger partial charge in [-0.2, -0.15) is 5.23 Å². The zero-order valence-electron chi connectivity index (χ0n) is 17.5. The second kappa shape index (κ2) is 9.11. The standard InChI is InChI=1S/C24H21NO7/c1-15-24(32-21-6-4-3-5-20(21)29-2)23(26)19-12-11-18(13-22(19)31-15)30-14-16-7-9-17(10-8-16)25(27)28/h3-13,25,27H,14H2,1-2H3. The number of quaternary nitrogens is 1. The van der Waals surface area contributed by atoms with Crippen molar-refractivity contribution in [1.29, 1.82) is 0 Å².